The van der Waals surface area contributed by atoms with Crippen molar-refractivity contribution in [3.63, 3.8) is 0 Å². The van der Waals surface area contributed by atoms with E-state index in [-0.39, 0.29) is 0 Å². The Bertz CT molecular complexity index is 658. The molecule has 0 saturated heterocycles. The number of nitrogens with one attached hydrogen (secondary N) is 1. The first-order chi connectivity index (χ1) is 10.2. The molecule has 5 nitrogen and oxygen atoms in total. The number of aryl methyl sites for hydroxylation is 2. The van der Waals surface area contributed by atoms with Crippen molar-refractivity contribution < 1.29 is 9.53 Å². The number of hydrogen-bond acceptors (Lipinski definition) is 6. The molecule has 3 rings (SSSR count). The van der Waals surface area contributed by atoms with Gasteiger partial charge in [0.15, 0.2) is 5.13 Å². The topological polar surface area (TPSA) is 77.2 Å². The number of nitrogens with zero attached hydrogens (tertiary/aromatic N) is 1. The molecule has 0 radical (unpaired) electrons. The minimum absolute atomic E-state index is 0.391. The number of carbonyl (C=O) groups is 1. The molecule has 21 heavy (non-hydrogen) atoms. The molecule has 1 aromatic heterocycles. The molecule has 0 aliphatic heterocycles. The molecule has 0 bridgehead atoms. The van der Waals surface area contributed by atoms with Crippen LogP contribution in [0.25, 0.3) is 0 Å². The third kappa shape index (κ3) is 2.85. The van der Waals surface area contributed by atoms with Crippen LogP contribution >= 0.6 is 11.3 Å². The monoisotopic (exact) mass is 303 g/mol. The van der Waals surface area contributed by atoms with Crippen LogP contribution in [0.5, 0.6) is 0 Å². The van der Waals surface area contributed by atoms with Gasteiger partial charge < -0.3 is 15.8 Å². The number of nitrogens with two attached hydrogens (primary N) is 1. The largest absolute Gasteiger partial charge is 0.465 e. The van der Waals surface area contributed by atoms with Crippen molar-refractivity contribution in [1.82, 2.24) is 4.98 Å². The predicted octanol–water partition coefficient (Wildman–Crippen LogP) is 3.13. The number of nitrogen functional groups attached to an aromatic ring is 1. The zero-order chi connectivity index (χ0) is 14.8. The summed E-state index contributed by atoms with van der Waals surface area (Å²) in [5.41, 5.74) is 8.90. The number of thiazole rings is 1. The molecule has 0 spiro atoms. The van der Waals surface area contributed by atoms with Gasteiger partial charge in [-0.15, -0.1) is 11.3 Å². The molecule has 6 heteroatoms. The normalized spacial score (nSPS) is 13.6. The third-order valence-electron chi connectivity index (χ3n) is 3.56. The van der Waals surface area contributed by atoms with Gasteiger partial charge in [0, 0.05) is 4.88 Å². The van der Waals surface area contributed by atoms with Crippen molar-refractivity contribution in [1.29, 1.82) is 0 Å². The second-order valence-corrected chi connectivity index (χ2v) is 6.10. The van der Waals surface area contributed by atoms with Gasteiger partial charge in [0.25, 0.3) is 0 Å². The smallest absolute Gasteiger partial charge is 0.337 e. The molecular formula is C15H17N3O2S. The Morgan fingerprint density at radius 3 is 2.90 bits per heavy atom. The summed E-state index contributed by atoms with van der Waals surface area (Å²) in [5.74, 6) is -0.391. The molecule has 0 saturated carbocycles. The fourth-order valence-corrected chi connectivity index (χ4v) is 3.50. The van der Waals surface area contributed by atoms with E-state index in [1.807, 2.05) is 0 Å². The Labute approximate surface area is 127 Å². The lowest BCUT2D eigenvalue weighted by Gasteiger charge is -2.08. The molecular weight excluding hydrogens is 286 g/mol. The Morgan fingerprint density at radius 1 is 1.38 bits per heavy atom. The van der Waals surface area contributed by atoms with Crippen LogP contribution in [0.15, 0.2) is 18.2 Å². The summed E-state index contributed by atoms with van der Waals surface area (Å²) in [6.45, 7) is 0. The van der Waals surface area contributed by atoms with Crippen molar-refractivity contribution in [3.8, 4) is 0 Å². The summed E-state index contributed by atoms with van der Waals surface area (Å²) in [5, 5.41) is 4.10. The number of methoxy groups -OCH3 is 1. The first-order valence-corrected chi connectivity index (χ1v) is 7.72. The highest BCUT2D eigenvalue weighted by atomic mass is 32.1. The molecule has 1 aliphatic carbocycles. The Hall–Kier alpha value is -2.08. The zero-order valence-electron chi connectivity index (χ0n) is 11.8. The number of benzene rings is 1. The van der Waals surface area contributed by atoms with E-state index in [1.54, 1.807) is 29.5 Å². The molecule has 1 aromatic carbocycles. The minimum Gasteiger partial charge on any atom is -0.465 e. The van der Waals surface area contributed by atoms with Crippen molar-refractivity contribution in [3.05, 3.63) is 34.3 Å². The molecule has 1 aliphatic rings. The average molecular weight is 303 g/mol. The first-order valence-electron chi connectivity index (χ1n) is 6.91. The Morgan fingerprint density at radius 2 is 2.19 bits per heavy atom. The number of rotatable bonds is 3. The summed E-state index contributed by atoms with van der Waals surface area (Å²) in [4.78, 5) is 17.4. The molecule has 1 heterocycles. The van der Waals surface area contributed by atoms with Gasteiger partial charge in [-0.05, 0) is 43.9 Å². The van der Waals surface area contributed by atoms with Gasteiger partial charge in [-0.25, -0.2) is 9.78 Å². The van der Waals surface area contributed by atoms with E-state index in [0.29, 0.717) is 11.3 Å². The molecule has 110 valence electrons. The second kappa shape index (κ2) is 5.73. The highest BCUT2D eigenvalue weighted by Gasteiger charge is 2.16. The van der Waals surface area contributed by atoms with Gasteiger partial charge in [0.05, 0.1) is 29.7 Å². The highest BCUT2D eigenvalue weighted by molar-refractivity contribution is 7.15. The van der Waals surface area contributed by atoms with Crippen LogP contribution in [0.2, 0.25) is 0 Å². The maximum absolute atomic E-state index is 11.5. The predicted molar refractivity (Wildman–Crippen MR) is 84.2 cm³/mol. The summed E-state index contributed by atoms with van der Waals surface area (Å²) in [7, 11) is 1.35. The fourth-order valence-electron chi connectivity index (χ4n) is 2.44. The van der Waals surface area contributed by atoms with Crippen molar-refractivity contribution in [2.75, 3.05) is 18.2 Å². The number of fused-ring (bicyclic) bond motifs is 1. The van der Waals surface area contributed by atoms with Gasteiger partial charge in [-0.3, -0.25) is 0 Å². The van der Waals surface area contributed by atoms with E-state index in [4.69, 9.17) is 5.73 Å². The van der Waals surface area contributed by atoms with E-state index < -0.39 is 5.97 Å². The number of aromatic nitrogens is 1. The lowest BCUT2D eigenvalue weighted by Crippen LogP contribution is -2.04. The van der Waals surface area contributed by atoms with Gasteiger partial charge in [0.2, 0.25) is 0 Å². The number of carbonyl (C=O) groups excluding carboxylic acids is 1. The maximum atomic E-state index is 11.5. The van der Waals surface area contributed by atoms with Crippen LogP contribution in [-0.4, -0.2) is 18.1 Å². The molecule has 0 fully saturated rings. The SMILES string of the molecule is COC(=O)c1ccc(Nc2nc3c(s2)CCCC3)c(N)c1. The Balaban J connectivity index is 1.81. The lowest BCUT2D eigenvalue weighted by molar-refractivity contribution is 0.0601. The number of anilines is 3. The van der Waals surface area contributed by atoms with Gasteiger partial charge in [-0.1, -0.05) is 0 Å². The van der Waals surface area contributed by atoms with E-state index >= 15 is 0 Å². The lowest BCUT2D eigenvalue weighted by atomic mass is 10.0. The van der Waals surface area contributed by atoms with Crippen molar-refractivity contribution in [2.45, 2.75) is 25.7 Å². The van der Waals surface area contributed by atoms with Crippen LogP contribution in [0, 0.1) is 0 Å². The molecule has 2 aromatic rings. The summed E-state index contributed by atoms with van der Waals surface area (Å²) in [6.07, 6.45) is 4.63. The fraction of sp³-hybridized carbons (Fsp3) is 0.333. The minimum atomic E-state index is -0.391. The van der Waals surface area contributed by atoms with Crippen molar-refractivity contribution >= 4 is 33.8 Å². The standard InChI is InChI=1S/C15H17N3O2S/c1-20-14(19)9-6-7-11(10(16)8-9)17-15-18-12-4-2-3-5-13(12)21-15/h6-8H,2-5,16H2,1H3,(H,17,18). The zero-order valence-corrected chi connectivity index (χ0v) is 12.6. The van der Waals surface area contributed by atoms with E-state index in [1.165, 1.54) is 30.5 Å². The van der Waals surface area contributed by atoms with Crippen LogP contribution in [-0.2, 0) is 17.6 Å². The Kier molecular flexibility index (Phi) is 3.79. The van der Waals surface area contributed by atoms with Crippen LogP contribution < -0.4 is 11.1 Å². The molecule has 0 unspecified atom stereocenters. The van der Waals surface area contributed by atoms with Gasteiger partial charge in [0.1, 0.15) is 0 Å². The second-order valence-electron chi connectivity index (χ2n) is 5.01. The summed E-state index contributed by atoms with van der Waals surface area (Å²) < 4.78 is 4.68. The molecule has 0 amide bonds. The highest BCUT2D eigenvalue weighted by Crippen LogP contribution is 2.32. The molecule has 0 atom stereocenters. The summed E-state index contributed by atoms with van der Waals surface area (Å²) in [6, 6.07) is 5.09. The van der Waals surface area contributed by atoms with Crippen LogP contribution in [0.3, 0.4) is 0 Å². The third-order valence-corrected chi connectivity index (χ3v) is 4.63. The van der Waals surface area contributed by atoms with Gasteiger partial charge >= 0.3 is 5.97 Å². The van der Waals surface area contributed by atoms with Crippen LogP contribution in [0.4, 0.5) is 16.5 Å². The van der Waals surface area contributed by atoms with Crippen LogP contribution in [0.1, 0.15) is 33.8 Å². The quantitative estimate of drug-likeness (QED) is 0.673. The first kappa shape index (κ1) is 13.9. The van der Waals surface area contributed by atoms with E-state index in [2.05, 4.69) is 15.0 Å². The number of hydrogen-bond donors (Lipinski definition) is 2. The van der Waals surface area contributed by atoms with E-state index in [9.17, 15) is 4.79 Å². The van der Waals surface area contributed by atoms with Gasteiger partial charge in [-0.2, -0.15) is 0 Å². The molecule has 3 N–H and O–H groups in total. The van der Waals surface area contributed by atoms with Crippen molar-refractivity contribution in [2.24, 2.45) is 0 Å². The number of ether oxygens (including phenoxy) is 1. The van der Waals surface area contributed by atoms with E-state index in [0.717, 1.165) is 23.7 Å². The number of esters is 1. The summed E-state index contributed by atoms with van der Waals surface area (Å²) >= 11 is 1.68. The average Bonchev–Trinajstić information content (AvgIpc) is 2.90. The maximum Gasteiger partial charge on any atom is 0.337 e.